The number of hydrogen-bond acceptors (Lipinski definition) is 3. The zero-order chi connectivity index (χ0) is 14.6. The molecule has 1 aromatic carbocycles. The molecule has 2 unspecified atom stereocenters. The lowest BCUT2D eigenvalue weighted by Gasteiger charge is -2.31. The van der Waals surface area contributed by atoms with Crippen LogP contribution in [0.3, 0.4) is 0 Å². The maximum Gasteiger partial charge on any atom is 0.237 e. The number of benzene rings is 1. The number of nitrogens with zero attached hydrogens (tertiary/aromatic N) is 1. The van der Waals surface area contributed by atoms with E-state index < -0.39 is 5.54 Å². The Labute approximate surface area is 121 Å². The maximum absolute atomic E-state index is 11.6. The molecule has 0 saturated heterocycles. The van der Waals surface area contributed by atoms with Crippen LogP contribution in [0.1, 0.15) is 32.6 Å². The summed E-state index contributed by atoms with van der Waals surface area (Å²) in [5, 5.41) is 0. The average molecular weight is 275 g/mol. The summed E-state index contributed by atoms with van der Waals surface area (Å²) in [6.45, 7) is 4.01. The Hall–Kier alpha value is -1.55. The Bertz CT molecular complexity index is 448. The summed E-state index contributed by atoms with van der Waals surface area (Å²) in [6.07, 6.45) is 3.65. The summed E-state index contributed by atoms with van der Waals surface area (Å²) < 4.78 is 0. The lowest BCUT2D eigenvalue weighted by Crippen LogP contribution is -2.55. The van der Waals surface area contributed by atoms with Crippen molar-refractivity contribution in [2.24, 2.45) is 17.4 Å². The van der Waals surface area contributed by atoms with Gasteiger partial charge in [0.05, 0.1) is 5.54 Å². The van der Waals surface area contributed by atoms with Gasteiger partial charge in [-0.3, -0.25) is 4.79 Å². The van der Waals surface area contributed by atoms with Gasteiger partial charge in [-0.15, -0.1) is 0 Å². The molecule has 4 nitrogen and oxygen atoms in total. The maximum atomic E-state index is 11.6. The summed E-state index contributed by atoms with van der Waals surface area (Å²) in [7, 11) is 0. The zero-order valence-electron chi connectivity index (χ0n) is 12.2. The summed E-state index contributed by atoms with van der Waals surface area (Å²) in [5.41, 5.74) is 12.1. The second-order valence-electron chi connectivity index (χ2n) is 5.70. The Balaban J connectivity index is 1.99. The number of carbonyl (C=O) groups excluding carboxylic acids is 1. The number of carbonyl (C=O) groups is 1. The van der Waals surface area contributed by atoms with Crippen LogP contribution in [-0.2, 0) is 4.79 Å². The average Bonchev–Trinajstić information content (AvgIpc) is 2.84. The van der Waals surface area contributed by atoms with E-state index in [2.05, 4.69) is 24.0 Å². The molecule has 1 amide bonds. The predicted molar refractivity (Wildman–Crippen MR) is 82.4 cm³/mol. The summed E-state index contributed by atoms with van der Waals surface area (Å²) in [5.74, 6) is -0.138. The van der Waals surface area contributed by atoms with E-state index in [1.54, 1.807) is 0 Å². The quantitative estimate of drug-likeness (QED) is 0.832. The molecule has 0 bridgehead atoms. The van der Waals surface area contributed by atoms with E-state index in [1.165, 1.54) is 5.69 Å². The summed E-state index contributed by atoms with van der Waals surface area (Å²) in [6, 6.07) is 10.3. The molecule has 4 N–H and O–H groups in total. The Morgan fingerprint density at radius 2 is 2.10 bits per heavy atom. The second kappa shape index (κ2) is 6.27. The lowest BCUT2D eigenvalue weighted by atomic mass is 9.85. The fraction of sp³-hybridized carbons (Fsp3) is 0.562. The predicted octanol–water partition coefficient (Wildman–Crippen LogP) is 1.89. The van der Waals surface area contributed by atoms with Gasteiger partial charge in [-0.25, -0.2) is 0 Å². The highest BCUT2D eigenvalue weighted by molar-refractivity contribution is 5.85. The smallest absolute Gasteiger partial charge is 0.237 e. The zero-order valence-corrected chi connectivity index (χ0v) is 12.2. The van der Waals surface area contributed by atoms with Crippen LogP contribution in [0.25, 0.3) is 0 Å². The van der Waals surface area contributed by atoms with Gasteiger partial charge in [0.2, 0.25) is 5.91 Å². The third-order valence-corrected chi connectivity index (χ3v) is 4.58. The number of hydrogen-bond donors (Lipinski definition) is 2. The molecule has 1 aliphatic rings. The molecule has 110 valence electrons. The van der Waals surface area contributed by atoms with Gasteiger partial charge in [0.1, 0.15) is 0 Å². The van der Waals surface area contributed by atoms with Crippen LogP contribution < -0.4 is 16.4 Å². The Kier molecular flexibility index (Phi) is 4.65. The molecular formula is C16H25N3O. The molecule has 1 aromatic rings. The van der Waals surface area contributed by atoms with Crippen molar-refractivity contribution in [2.75, 3.05) is 18.0 Å². The van der Waals surface area contributed by atoms with Gasteiger partial charge in [0.15, 0.2) is 0 Å². The standard InChI is InChI=1S/C16H25N3O/c1-2-19(14-8-4-3-5-9-14)12-10-13-7-6-11-16(13,18)15(17)20/h3-5,8-9,13H,2,6-7,10-12,18H2,1H3,(H2,17,20). The third kappa shape index (κ3) is 2.96. The molecule has 0 spiro atoms. The van der Waals surface area contributed by atoms with E-state index in [4.69, 9.17) is 11.5 Å². The van der Waals surface area contributed by atoms with Gasteiger partial charge in [-0.05, 0) is 44.2 Å². The van der Waals surface area contributed by atoms with E-state index in [0.29, 0.717) is 0 Å². The molecule has 1 saturated carbocycles. The highest BCUT2D eigenvalue weighted by Gasteiger charge is 2.43. The molecule has 20 heavy (non-hydrogen) atoms. The number of para-hydroxylation sites is 1. The molecule has 0 heterocycles. The van der Waals surface area contributed by atoms with Crippen molar-refractivity contribution < 1.29 is 4.79 Å². The molecule has 0 aliphatic heterocycles. The van der Waals surface area contributed by atoms with Crippen LogP contribution >= 0.6 is 0 Å². The minimum absolute atomic E-state index is 0.206. The fourth-order valence-electron chi connectivity index (χ4n) is 3.25. The summed E-state index contributed by atoms with van der Waals surface area (Å²) >= 11 is 0. The van der Waals surface area contributed by atoms with Crippen LogP contribution in [0.2, 0.25) is 0 Å². The topological polar surface area (TPSA) is 72.3 Å². The lowest BCUT2D eigenvalue weighted by molar-refractivity contribution is -0.124. The normalized spacial score (nSPS) is 25.6. The monoisotopic (exact) mass is 275 g/mol. The molecule has 1 aliphatic carbocycles. The van der Waals surface area contributed by atoms with Crippen molar-refractivity contribution in [3.8, 4) is 0 Å². The summed E-state index contributed by atoms with van der Waals surface area (Å²) in [4.78, 5) is 13.9. The molecule has 4 heteroatoms. The van der Waals surface area contributed by atoms with Crippen LogP contribution in [-0.4, -0.2) is 24.5 Å². The number of rotatable bonds is 6. The van der Waals surface area contributed by atoms with Crippen molar-refractivity contribution in [1.29, 1.82) is 0 Å². The van der Waals surface area contributed by atoms with E-state index in [-0.39, 0.29) is 11.8 Å². The van der Waals surface area contributed by atoms with Gasteiger partial charge < -0.3 is 16.4 Å². The third-order valence-electron chi connectivity index (χ3n) is 4.58. The van der Waals surface area contributed by atoms with Crippen molar-refractivity contribution in [2.45, 2.75) is 38.1 Å². The molecule has 0 radical (unpaired) electrons. The number of amides is 1. The van der Waals surface area contributed by atoms with Gasteiger partial charge >= 0.3 is 0 Å². The van der Waals surface area contributed by atoms with Gasteiger partial charge in [-0.2, -0.15) is 0 Å². The van der Waals surface area contributed by atoms with Crippen molar-refractivity contribution in [3.05, 3.63) is 30.3 Å². The largest absolute Gasteiger partial charge is 0.372 e. The van der Waals surface area contributed by atoms with E-state index in [9.17, 15) is 4.79 Å². The van der Waals surface area contributed by atoms with Crippen LogP contribution in [0.4, 0.5) is 5.69 Å². The number of primary amides is 1. The number of nitrogens with two attached hydrogens (primary N) is 2. The van der Waals surface area contributed by atoms with Crippen LogP contribution in [0.15, 0.2) is 30.3 Å². The van der Waals surface area contributed by atoms with Gasteiger partial charge in [-0.1, -0.05) is 24.6 Å². The second-order valence-corrected chi connectivity index (χ2v) is 5.70. The molecule has 1 fully saturated rings. The minimum atomic E-state index is -0.796. The fourth-order valence-corrected chi connectivity index (χ4v) is 3.25. The molecule has 0 aromatic heterocycles. The molecule has 2 atom stereocenters. The molecule has 2 rings (SSSR count). The first-order valence-electron chi connectivity index (χ1n) is 7.46. The van der Waals surface area contributed by atoms with Gasteiger partial charge in [0, 0.05) is 18.8 Å². The first-order chi connectivity index (χ1) is 9.58. The first-order valence-corrected chi connectivity index (χ1v) is 7.46. The Morgan fingerprint density at radius 3 is 2.70 bits per heavy atom. The van der Waals surface area contributed by atoms with E-state index >= 15 is 0 Å². The Morgan fingerprint density at radius 1 is 1.40 bits per heavy atom. The SMILES string of the molecule is CCN(CCC1CCCC1(N)C(N)=O)c1ccccc1. The highest BCUT2D eigenvalue weighted by atomic mass is 16.1. The van der Waals surface area contributed by atoms with Crippen LogP contribution in [0.5, 0.6) is 0 Å². The van der Waals surface area contributed by atoms with Crippen molar-refractivity contribution >= 4 is 11.6 Å². The highest BCUT2D eigenvalue weighted by Crippen LogP contribution is 2.36. The van der Waals surface area contributed by atoms with Crippen molar-refractivity contribution in [1.82, 2.24) is 0 Å². The van der Waals surface area contributed by atoms with E-state index in [1.807, 2.05) is 18.2 Å². The first kappa shape index (κ1) is 14.9. The van der Waals surface area contributed by atoms with Crippen LogP contribution in [0, 0.1) is 5.92 Å². The molecular weight excluding hydrogens is 250 g/mol. The van der Waals surface area contributed by atoms with E-state index in [0.717, 1.165) is 38.8 Å². The van der Waals surface area contributed by atoms with Gasteiger partial charge in [0.25, 0.3) is 0 Å². The minimum Gasteiger partial charge on any atom is -0.372 e. The van der Waals surface area contributed by atoms with Crippen molar-refractivity contribution in [3.63, 3.8) is 0 Å². The number of anilines is 1.